The minimum Gasteiger partial charge on any atom is -0.385 e. The molecule has 0 heterocycles. The number of benzene rings is 2. The lowest BCUT2D eigenvalue weighted by molar-refractivity contribution is 0.627. The topological polar surface area (TPSA) is 24.1 Å². The van der Waals surface area contributed by atoms with Gasteiger partial charge in [-0.1, -0.05) is 12.1 Å². The van der Waals surface area contributed by atoms with Crippen LogP contribution in [0.1, 0.15) is 12.5 Å². The minimum absolute atomic E-state index is 0.200. The largest absolute Gasteiger partial charge is 0.385 e. The van der Waals surface area contributed by atoms with Crippen molar-refractivity contribution in [1.82, 2.24) is 0 Å². The second-order valence-electron chi connectivity index (χ2n) is 4.09. The van der Waals surface area contributed by atoms with Crippen LogP contribution >= 0.6 is 0 Å². The lowest BCUT2D eigenvalue weighted by Crippen LogP contribution is -2.00. The molecule has 0 radical (unpaired) electrons. The number of rotatable bonds is 5. The average molecular weight is 244 g/mol. The van der Waals surface area contributed by atoms with E-state index >= 15 is 0 Å². The lowest BCUT2D eigenvalue weighted by atomic mass is 10.2. The zero-order chi connectivity index (χ0) is 12.8. The summed E-state index contributed by atoms with van der Waals surface area (Å²) in [5.74, 6) is -0.200. The summed E-state index contributed by atoms with van der Waals surface area (Å²) in [6, 6.07) is 14.7. The smallest absolute Gasteiger partial charge is 0.123 e. The molecule has 0 bridgehead atoms. The van der Waals surface area contributed by atoms with Crippen LogP contribution in [0.2, 0.25) is 0 Å². The Hall–Kier alpha value is -2.03. The number of hydrogen-bond acceptors (Lipinski definition) is 2. The molecule has 2 nitrogen and oxygen atoms in total. The van der Waals surface area contributed by atoms with Gasteiger partial charge in [-0.05, 0) is 48.9 Å². The third-order valence-electron chi connectivity index (χ3n) is 2.68. The maximum atomic E-state index is 12.7. The van der Waals surface area contributed by atoms with Crippen molar-refractivity contribution in [2.75, 3.05) is 17.2 Å². The molecule has 0 aliphatic carbocycles. The highest BCUT2D eigenvalue weighted by atomic mass is 19.1. The number of halogens is 1. The summed E-state index contributed by atoms with van der Waals surface area (Å²) in [5.41, 5.74) is 3.23. The Morgan fingerprint density at radius 1 is 0.833 bits per heavy atom. The van der Waals surface area contributed by atoms with Crippen LogP contribution in [0.15, 0.2) is 48.5 Å². The highest BCUT2D eigenvalue weighted by Gasteiger charge is 1.95. The molecule has 0 aliphatic rings. The fourth-order valence-electron chi connectivity index (χ4n) is 1.72. The first-order chi connectivity index (χ1) is 8.78. The summed E-state index contributed by atoms with van der Waals surface area (Å²) < 4.78 is 12.7. The molecule has 0 aliphatic heterocycles. The van der Waals surface area contributed by atoms with Crippen LogP contribution in [-0.2, 0) is 6.54 Å². The van der Waals surface area contributed by atoms with Gasteiger partial charge in [0.25, 0.3) is 0 Å². The van der Waals surface area contributed by atoms with E-state index in [4.69, 9.17) is 0 Å². The van der Waals surface area contributed by atoms with Gasteiger partial charge >= 0.3 is 0 Å². The fourth-order valence-corrected chi connectivity index (χ4v) is 1.72. The van der Waals surface area contributed by atoms with Crippen molar-refractivity contribution in [3.8, 4) is 0 Å². The zero-order valence-electron chi connectivity index (χ0n) is 10.4. The van der Waals surface area contributed by atoms with Crippen LogP contribution in [0.5, 0.6) is 0 Å². The summed E-state index contributed by atoms with van der Waals surface area (Å²) >= 11 is 0. The summed E-state index contributed by atoms with van der Waals surface area (Å²) in [6.07, 6.45) is 0. The molecular formula is C15H17FN2. The molecule has 18 heavy (non-hydrogen) atoms. The van der Waals surface area contributed by atoms with Crippen LogP contribution in [0.4, 0.5) is 15.8 Å². The van der Waals surface area contributed by atoms with Crippen LogP contribution in [0.25, 0.3) is 0 Å². The number of hydrogen-bond donors (Lipinski definition) is 2. The molecule has 0 aromatic heterocycles. The molecule has 0 atom stereocenters. The molecule has 94 valence electrons. The Morgan fingerprint density at radius 2 is 1.39 bits per heavy atom. The first-order valence-corrected chi connectivity index (χ1v) is 6.10. The van der Waals surface area contributed by atoms with Gasteiger partial charge in [0, 0.05) is 24.5 Å². The van der Waals surface area contributed by atoms with Crippen molar-refractivity contribution in [1.29, 1.82) is 0 Å². The van der Waals surface area contributed by atoms with E-state index < -0.39 is 0 Å². The van der Waals surface area contributed by atoms with Gasteiger partial charge in [0.05, 0.1) is 0 Å². The molecule has 0 saturated heterocycles. The molecule has 0 unspecified atom stereocenters. The van der Waals surface area contributed by atoms with Crippen molar-refractivity contribution in [2.45, 2.75) is 13.5 Å². The predicted molar refractivity (Wildman–Crippen MR) is 74.3 cm³/mol. The Bertz CT molecular complexity index is 477. The van der Waals surface area contributed by atoms with Gasteiger partial charge in [-0.2, -0.15) is 0 Å². The van der Waals surface area contributed by atoms with Gasteiger partial charge in [-0.25, -0.2) is 4.39 Å². The molecule has 2 N–H and O–H groups in total. The first kappa shape index (κ1) is 12.4. The lowest BCUT2D eigenvalue weighted by Gasteiger charge is -2.08. The summed E-state index contributed by atoms with van der Waals surface area (Å²) in [6.45, 7) is 3.68. The van der Waals surface area contributed by atoms with E-state index in [1.54, 1.807) is 12.1 Å². The van der Waals surface area contributed by atoms with Crippen molar-refractivity contribution in [3.63, 3.8) is 0 Å². The Balaban J connectivity index is 1.91. The van der Waals surface area contributed by atoms with Crippen LogP contribution in [0, 0.1) is 5.82 Å². The molecular weight excluding hydrogens is 227 g/mol. The molecule has 0 amide bonds. The zero-order valence-corrected chi connectivity index (χ0v) is 10.4. The second-order valence-corrected chi connectivity index (χ2v) is 4.09. The molecule has 2 aromatic rings. The van der Waals surface area contributed by atoms with Crippen molar-refractivity contribution in [2.24, 2.45) is 0 Å². The fraction of sp³-hybridized carbons (Fsp3) is 0.200. The van der Waals surface area contributed by atoms with E-state index in [0.29, 0.717) is 6.54 Å². The highest BCUT2D eigenvalue weighted by Crippen LogP contribution is 2.14. The summed E-state index contributed by atoms with van der Waals surface area (Å²) in [5, 5.41) is 6.54. The Kier molecular flexibility index (Phi) is 4.18. The average Bonchev–Trinajstić information content (AvgIpc) is 2.40. The van der Waals surface area contributed by atoms with E-state index in [1.807, 2.05) is 24.3 Å². The normalized spacial score (nSPS) is 10.1. The van der Waals surface area contributed by atoms with Crippen molar-refractivity contribution < 1.29 is 4.39 Å². The van der Waals surface area contributed by atoms with E-state index in [0.717, 1.165) is 23.5 Å². The van der Waals surface area contributed by atoms with Gasteiger partial charge in [-0.15, -0.1) is 0 Å². The van der Waals surface area contributed by atoms with E-state index in [1.165, 1.54) is 12.1 Å². The molecule has 3 heteroatoms. The number of nitrogens with one attached hydrogen (secondary N) is 2. The monoisotopic (exact) mass is 244 g/mol. The Labute approximate surface area is 107 Å². The van der Waals surface area contributed by atoms with Crippen LogP contribution in [0.3, 0.4) is 0 Å². The molecule has 0 saturated carbocycles. The minimum atomic E-state index is -0.200. The maximum absolute atomic E-state index is 12.7. The molecule has 0 spiro atoms. The van der Waals surface area contributed by atoms with Crippen LogP contribution in [-0.4, -0.2) is 6.54 Å². The van der Waals surface area contributed by atoms with E-state index in [9.17, 15) is 4.39 Å². The van der Waals surface area contributed by atoms with Crippen LogP contribution < -0.4 is 10.6 Å². The second kappa shape index (κ2) is 6.05. The third-order valence-corrected chi connectivity index (χ3v) is 2.68. The summed E-state index contributed by atoms with van der Waals surface area (Å²) in [7, 11) is 0. The predicted octanol–water partition coefficient (Wildman–Crippen LogP) is 3.87. The SMILES string of the molecule is CCNc1ccc(NCc2ccc(F)cc2)cc1. The van der Waals surface area contributed by atoms with Gasteiger partial charge in [0.2, 0.25) is 0 Å². The highest BCUT2D eigenvalue weighted by molar-refractivity contribution is 5.53. The standard InChI is InChI=1S/C15H17FN2/c1-2-17-14-7-9-15(10-8-14)18-11-12-3-5-13(16)6-4-12/h3-10,17-18H,2,11H2,1H3. The van der Waals surface area contributed by atoms with E-state index in [-0.39, 0.29) is 5.82 Å². The summed E-state index contributed by atoms with van der Waals surface area (Å²) in [4.78, 5) is 0. The van der Waals surface area contributed by atoms with Crippen molar-refractivity contribution >= 4 is 11.4 Å². The quantitative estimate of drug-likeness (QED) is 0.834. The Morgan fingerprint density at radius 3 is 1.94 bits per heavy atom. The van der Waals surface area contributed by atoms with Gasteiger partial charge in [0.15, 0.2) is 0 Å². The first-order valence-electron chi connectivity index (χ1n) is 6.10. The van der Waals surface area contributed by atoms with E-state index in [2.05, 4.69) is 17.6 Å². The van der Waals surface area contributed by atoms with Gasteiger partial charge in [-0.3, -0.25) is 0 Å². The molecule has 2 rings (SSSR count). The molecule has 0 fully saturated rings. The maximum Gasteiger partial charge on any atom is 0.123 e. The van der Waals surface area contributed by atoms with Gasteiger partial charge in [0.1, 0.15) is 5.82 Å². The number of anilines is 2. The molecule has 2 aromatic carbocycles. The van der Waals surface area contributed by atoms with Crippen molar-refractivity contribution in [3.05, 3.63) is 59.9 Å². The third kappa shape index (κ3) is 3.48. The van der Waals surface area contributed by atoms with Gasteiger partial charge < -0.3 is 10.6 Å².